The summed E-state index contributed by atoms with van der Waals surface area (Å²) in [5.41, 5.74) is 4.93. The van der Waals surface area contributed by atoms with Crippen LogP contribution in [0.2, 0.25) is 0 Å². The van der Waals surface area contributed by atoms with Crippen LogP contribution in [0.25, 0.3) is 0 Å². The third-order valence-corrected chi connectivity index (χ3v) is 4.06. The van der Waals surface area contributed by atoms with Gasteiger partial charge < -0.3 is 15.2 Å². The zero-order valence-electron chi connectivity index (χ0n) is 13.5. The Labute approximate surface area is 133 Å². The number of nitrogens with two attached hydrogens (primary N) is 1. The average Bonchev–Trinajstić information content (AvgIpc) is 2.44. The molecule has 3 nitrogen and oxygen atoms in total. The Balaban J connectivity index is 1.97. The molecule has 0 bridgehead atoms. The maximum atomic E-state index is 13.9. The van der Waals surface area contributed by atoms with Gasteiger partial charge in [-0.05, 0) is 37.0 Å². The molecular formula is C17H25BFNO2. The first-order valence-electron chi connectivity index (χ1n) is 8.13. The molecule has 1 aliphatic rings. The fourth-order valence-electron chi connectivity index (χ4n) is 2.92. The third kappa shape index (κ3) is 4.46. The molecule has 2 radical (unpaired) electrons. The molecular weight excluding hydrogens is 280 g/mol. The van der Waals surface area contributed by atoms with Crippen LogP contribution in [0.5, 0.6) is 5.75 Å². The van der Waals surface area contributed by atoms with Gasteiger partial charge in [-0.2, -0.15) is 0 Å². The van der Waals surface area contributed by atoms with Crippen molar-refractivity contribution in [1.29, 1.82) is 0 Å². The van der Waals surface area contributed by atoms with E-state index in [1.54, 1.807) is 12.1 Å². The molecule has 1 aromatic carbocycles. The Hall–Kier alpha value is -1.07. The van der Waals surface area contributed by atoms with Gasteiger partial charge in [-0.15, -0.1) is 0 Å². The van der Waals surface area contributed by atoms with Gasteiger partial charge in [0.15, 0.2) is 0 Å². The number of hydrogen-bond acceptors (Lipinski definition) is 3. The van der Waals surface area contributed by atoms with Crippen LogP contribution in [-0.2, 0) is 4.74 Å². The fourth-order valence-corrected chi connectivity index (χ4v) is 2.92. The lowest BCUT2D eigenvalue weighted by atomic mass is 9.79. The van der Waals surface area contributed by atoms with Gasteiger partial charge in [-0.1, -0.05) is 26.7 Å². The Morgan fingerprint density at radius 3 is 2.59 bits per heavy atom. The average molecular weight is 305 g/mol. The molecule has 1 heterocycles. The van der Waals surface area contributed by atoms with Gasteiger partial charge in [-0.25, -0.2) is 4.39 Å². The molecule has 0 amide bonds. The Bertz CT molecular complexity index is 482. The van der Waals surface area contributed by atoms with E-state index in [2.05, 4.69) is 13.8 Å². The van der Waals surface area contributed by atoms with Gasteiger partial charge in [0.25, 0.3) is 0 Å². The summed E-state index contributed by atoms with van der Waals surface area (Å²) in [6.07, 6.45) is 4.61. The first-order valence-corrected chi connectivity index (χ1v) is 8.13. The maximum absolute atomic E-state index is 13.9. The molecule has 120 valence electrons. The van der Waals surface area contributed by atoms with E-state index in [-0.39, 0.29) is 11.9 Å². The van der Waals surface area contributed by atoms with Crippen LogP contribution >= 0.6 is 0 Å². The van der Waals surface area contributed by atoms with Crippen LogP contribution in [0.15, 0.2) is 18.2 Å². The number of rotatable bonds is 8. The van der Waals surface area contributed by atoms with Gasteiger partial charge in [-0.3, -0.25) is 0 Å². The molecule has 2 N–H and O–H groups in total. The van der Waals surface area contributed by atoms with E-state index < -0.39 is 5.62 Å². The van der Waals surface area contributed by atoms with Crippen LogP contribution in [0.3, 0.4) is 0 Å². The van der Waals surface area contributed by atoms with Gasteiger partial charge >= 0.3 is 0 Å². The quantitative estimate of drug-likeness (QED) is 0.745. The summed E-state index contributed by atoms with van der Waals surface area (Å²) in [4.78, 5) is 0. The number of hydrogen-bond donors (Lipinski definition) is 1. The van der Waals surface area contributed by atoms with Crippen LogP contribution in [0.1, 0.15) is 57.6 Å². The van der Waals surface area contributed by atoms with Gasteiger partial charge in [0.1, 0.15) is 19.4 Å². The summed E-state index contributed by atoms with van der Waals surface area (Å²) >= 11 is 0. The monoisotopic (exact) mass is 305 g/mol. The highest BCUT2D eigenvalue weighted by Gasteiger charge is 2.39. The number of benzene rings is 1. The van der Waals surface area contributed by atoms with Crippen molar-refractivity contribution in [2.75, 3.05) is 6.61 Å². The fraction of sp³-hybridized carbons (Fsp3) is 0.647. The topological polar surface area (TPSA) is 44.5 Å². The minimum absolute atomic E-state index is 0.313. The van der Waals surface area contributed by atoms with Crippen molar-refractivity contribution >= 4 is 7.85 Å². The van der Waals surface area contributed by atoms with Crippen LogP contribution in [0, 0.1) is 11.7 Å². The highest BCUT2D eigenvalue weighted by atomic mass is 19.1. The van der Waals surface area contributed by atoms with Crippen LogP contribution < -0.4 is 10.5 Å². The van der Waals surface area contributed by atoms with E-state index in [4.69, 9.17) is 23.1 Å². The maximum Gasteiger partial charge on any atom is 0.135 e. The lowest BCUT2D eigenvalue weighted by Crippen LogP contribution is -2.54. The molecule has 5 heteroatoms. The molecule has 2 unspecified atom stereocenters. The summed E-state index contributed by atoms with van der Waals surface area (Å²) in [5, 5.41) is 0. The largest absolute Gasteiger partial charge is 0.493 e. The van der Waals surface area contributed by atoms with Gasteiger partial charge in [0.05, 0.1) is 18.3 Å². The van der Waals surface area contributed by atoms with E-state index in [1.807, 2.05) is 0 Å². The van der Waals surface area contributed by atoms with E-state index in [9.17, 15) is 4.39 Å². The molecule has 0 spiro atoms. The molecule has 1 fully saturated rings. The van der Waals surface area contributed by atoms with E-state index in [1.165, 1.54) is 6.07 Å². The summed E-state index contributed by atoms with van der Waals surface area (Å²) in [6.45, 7) is 5.02. The Morgan fingerprint density at radius 1 is 1.41 bits per heavy atom. The third-order valence-electron chi connectivity index (χ3n) is 4.06. The normalized spacial score (nSPS) is 24.3. The molecule has 0 saturated carbocycles. The highest BCUT2D eigenvalue weighted by Crippen LogP contribution is 2.40. The molecule has 0 aliphatic carbocycles. The summed E-state index contributed by atoms with van der Waals surface area (Å²) in [5.74, 6) is 0.902. The molecule has 2 rings (SSSR count). The van der Waals surface area contributed by atoms with Crippen molar-refractivity contribution < 1.29 is 13.9 Å². The molecule has 22 heavy (non-hydrogen) atoms. The molecule has 1 aliphatic heterocycles. The Kier molecular flexibility index (Phi) is 5.87. The standard InChI is InChI=1S/C17H25BFNO2/c1-3-5-12(6-4-2)11-21-13-7-8-15(19)14(9-13)16-10-17(18,20)22-16/h7-9,12,16H,3-6,10-11,20H2,1-2H3. The van der Waals surface area contributed by atoms with Crippen molar-refractivity contribution in [3.63, 3.8) is 0 Å². The summed E-state index contributed by atoms with van der Waals surface area (Å²) < 4.78 is 25.1. The zero-order chi connectivity index (χ0) is 16.2. The van der Waals surface area contributed by atoms with Crippen molar-refractivity contribution in [2.45, 2.75) is 57.7 Å². The summed E-state index contributed by atoms with van der Waals surface area (Å²) in [6, 6.07) is 4.77. The van der Waals surface area contributed by atoms with Crippen LogP contribution in [-0.4, -0.2) is 20.1 Å². The second-order valence-corrected chi connectivity index (χ2v) is 6.20. The minimum Gasteiger partial charge on any atom is -0.493 e. The number of halogens is 1. The minimum atomic E-state index is -1.14. The van der Waals surface area contributed by atoms with E-state index in [0.717, 1.165) is 25.7 Å². The molecule has 1 aromatic rings. The predicted octanol–water partition coefficient (Wildman–Crippen LogP) is 3.66. The molecule has 0 aromatic heterocycles. The van der Waals surface area contributed by atoms with Gasteiger partial charge in [0.2, 0.25) is 0 Å². The number of ether oxygens (including phenoxy) is 2. The predicted molar refractivity (Wildman–Crippen MR) is 86.3 cm³/mol. The SMILES string of the molecule is [B]C1(N)CC(c2cc(OCC(CCC)CCC)ccc2F)O1. The van der Waals surface area contributed by atoms with E-state index in [0.29, 0.717) is 30.3 Å². The van der Waals surface area contributed by atoms with Crippen molar-refractivity contribution in [1.82, 2.24) is 0 Å². The molecule has 2 atom stereocenters. The first-order chi connectivity index (χ1) is 10.4. The van der Waals surface area contributed by atoms with Crippen LogP contribution in [0.4, 0.5) is 4.39 Å². The second-order valence-electron chi connectivity index (χ2n) is 6.20. The molecule has 1 saturated heterocycles. The smallest absolute Gasteiger partial charge is 0.135 e. The highest BCUT2D eigenvalue weighted by molar-refractivity contribution is 6.14. The lowest BCUT2D eigenvalue weighted by Gasteiger charge is -2.43. The Morgan fingerprint density at radius 2 is 2.05 bits per heavy atom. The van der Waals surface area contributed by atoms with Crippen molar-refractivity contribution in [3.8, 4) is 5.75 Å². The van der Waals surface area contributed by atoms with Crippen molar-refractivity contribution in [2.24, 2.45) is 11.7 Å². The first kappa shape index (κ1) is 17.3. The van der Waals surface area contributed by atoms with Gasteiger partial charge in [0, 0.05) is 12.0 Å². The summed E-state index contributed by atoms with van der Waals surface area (Å²) in [7, 11) is 5.60. The zero-order valence-corrected chi connectivity index (χ0v) is 13.5. The second kappa shape index (κ2) is 7.47. The van der Waals surface area contributed by atoms with Crippen molar-refractivity contribution in [3.05, 3.63) is 29.6 Å². The van der Waals surface area contributed by atoms with E-state index >= 15 is 0 Å². The lowest BCUT2D eigenvalue weighted by molar-refractivity contribution is -0.155.